The molecule has 72 valence electrons. The molecule has 0 unspecified atom stereocenters. The van der Waals surface area contributed by atoms with Crippen molar-refractivity contribution in [1.82, 2.24) is 5.32 Å². The molecule has 0 heterocycles. The van der Waals surface area contributed by atoms with Crippen LogP contribution in [0.4, 0.5) is 0 Å². The lowest BCUT2D eigenvalue weighted by molar-refractivity contribution is -0.136. The van der Waals surface area contributed by atoms with E-state index >= 15 is 0 Å². The molecule has 3 N–H and O–H groups in total. The first-order valence-corrected chi connectivity index (χ1v) is 3.36. The Labute approximate surface area is 73.9 Å². The third-order valence-electron chi connectivity index (χ3n) is 1.02. The van der Waals surface area contributed by atoms with Gasteiger partial charge in [-0.15, -0.1) is 0 Å². The highest BCUT2D eigenvalue weighted by molar-refractivity contribution is 5.92. The third-order valence-corrected chi connectivity index (χ3v) is 1.02. The third kappa shape index (κ3) is 5.42. The fourth-order valence-corrected chi connectivity index (χ4v) is 0.571. The molecule has 0 aliphatic rings. The van der Waals surface area contributed by atoms with E-state index in [4.69, 9.17) is 10.2 Å². The maximum absolute atomic E-state index is 10.4. The minimum absolute atomic E-state index is 0.421. The molecule has 0 fully saturated rings. The van der Waals surface area contributed by atoms with Crippen molar-refractivity contribution in [3.05, 3.63) is 11.8 Å². The maximum Gasteiger partial charge on any atom is 0.352 e. The quantitative estimate of drug-likeness (QED) is 0.518. The second-order valence-corrected chi connectivity index (χ2v) is 2.20. The van der Waals surface area contributed by atoms with Crippen molar-refractivity contribution in [3.63, 3.8) is 0 Å². The Kier molecular flexibility index (Phi) is 4.21. The summed E-state index contributed by atoms with van der Waals surface area (Å²) in [7, 11) is 0. The molecule has 0 spiro atoms. The van der Waals surface area contributed by atoms with Crippen LogP contribution < -0.4 is 5.32 Å². The summed E-state index contributed by atoms with van der Waals surface area (Å²) in [6.07, 6.45) is 0.480. The number of carboxylic acid groups (broad SMARTS) is 2. The Morgan fingerprint density at radius 3 is 2.15 bits per heavy atom. The van der Waals surface area contributed by atoms with E-state index in [0.29, 0.717) is 0 Å². The second kappa shape index (κ2) is 4.91. The second-order valence-electron chi connectivity index (χ2n) is 2.20. The first-order valence-electron chi connectivity index (χ1n) is 3.36. The molecule has 0 aliphatic heterocycles. The fourth-order valence-electron chi connectivity index (χ4n) is 0.571. The van der Waals surface area contributed by atoms with Gasteiger partial charge >= 0.3 is 11.9 Å². The summed E-state index contributed by atoms with van der Waals surface area (Å²) in [5.41, 5.74) is -0.421. The van der Waals surface area contributed by atoms with E-state index in [9.17, 15) is 14.4 Å². The highest BCUT2D eigenvalue weighted by Gasteiger charge is 2.08. The Hall–Kier alpha value is -1.85. The number of carbonyl (C=O) groups is 3. The van der Waals surface area contributed by atoms with E-state index in [2.05, 4.69) is 0 Å². The monoisotopic (exact) mass is 187 g/mol. The molecular weight excluding hydrogens is 178 g/mol. The molecule has 0 aromatic heterocycles. The zero-order valence-corrected chi connectivity index (χ0v) is 6.90. The summed E-state index contributed by atoms with van der Waals surface area (Å²) in [6.45, 7) is 1.14. The van der Waals surface area contributed by atoms with Gasteiger partial charge in [-0.2, -0.15) is 0 Å². The van der Waals surface area contributed by atoms with Gasteiger partial charge in [0.15, 0.2) is 0 Å². The first kappa shape index (κ1) is 11.2. The van der Waals surface area contributed by atoms with Gasteiger partial charge in [0.25, 0.3) is 0 Å². The van der Waals surface area contributed by atoms with Crippen LogP contribution in [0, 0.1) is 0 Å². The molecule has 0 aliphatic carbocycles. The minimum atomic E-state index is -1.36. The number of carbonyl (C=O) groups excluding carboxylic acids is 1. The molecule has 0 bridgehead atoms. The van der Waals surface area contributed by atoms with E-state index < -0.39 is 30.0 Å². The van der Waals surface area contributed by atoms with Gasteiger partial charge in [-0.3, -0.25) is 9.59 Å². The molecule has 6 nitrogen and oxygen atoms in total. The van der Waals surface area contributed by atoms with Crippen LogP contribution in [0.5, 0.6) is 0 Å². The van der Waals surface area contributed by atoms with E-state index in [1.165, 1.54) is 0 Å². The molecular formula is C7H9NO5. The van der Waals surface area contributed by atoms with Gasteiger partial charge in [-0.05, 0) is 6.08 Å². The van der Waals surface area contributed by atoms with Crippen LogP contribution in [0.2, 0.25) is 0 Å². The number of amides is 1. The Morgan fingerprint density at radius 1 is 1.31 bits per heavy atom. The number of hydrogen-bond acceptors (Lipinski definition) is 3. The summed E-state index contributed by atoms with van der Waals surface area (Å²) < 4.78 is 0. The van der Waals surface area contributed by atoms with Gasteiger partial charge in [0, 0.05) is 6.92 Å². The number of carboxylic acids is 2. The first-order chi connectivity index (χ1) is 5.93. The summed E-state index contributed by atoms with van der Waals surface area (Å²) in [5, 5.41) is 18.7. The van der Waals surface area contributed by atoms with Crippen LogP contribution >= 0.6 is 0 Å². The van der Waals surface area contributed by atoms with E-state index in [-0.39, 0.29) is 0 Å². The maximum atomic E-state index is 10.4. The summed E-state index contributed by atoms with van der Waals surface area (Å²) in [5.74, 6) is -3.08. The summed E-state index contributed by atoms with van der Waals surface area (Å²) >= 11 is 0. The predicted octanol–water partition coefficient (Wildman–Crippen LogP) is -0.434. The lowest BCUT2D eigenvalue weighted by Crippen LogP contribution is -2.24. The van der Waals surface area contributed by atoms with Crippen molar-refractivity contribution in [2.24, 2.45) is 0 Å². The van der Waals surface area contributed by atoms with Crippen molar-refractivity contribution < 1.29 is 24.6 Å². The van der Waals surface area contributed by atoms with Crippen LogP contribution in [-0.4, -0.2) is 28.1 Å². The van der Waals surface area contributed by atoms with Gasteiger partial charge in [-0.1, -0.05) is 0 Å². The van der Waals surface area contributed by atoms with Crippen molar-refractivity contribution in [2.75, 3.05) is 0 Å². The molecule has 0 atom stereocenters. The average molecular weight is 187 g/mol. The Balaban J connectivity index is 4.41. The van der Waals surface area contributed by atoms with Crippen LogP contribution in [0.1, 0.15) is 13.3 Å². The minimum Gasteiger partial charge on any atom is -0.481 e. The predicted molar refractivity (Wildman–Crippen MR) is 41.8 cm³/mol. The van der Waals surface area contributed by atoms with E-state index in [1.54, 1.807) is 0 Å². The average Bonchev–Trinajstić information content (AvgIpc) is 1.96. The zero-order valence-electron chi connectivity index (χ0n) is 6.90. The SMILES string of the molecule is CC(=O)NC(=CCC(=O)O)C(=O)O. The van der Waals surface area contributed by atoms with Crippen molar-refractivity contribution in [2.45, 2.75) is 13.3 Å². The number of aliphatic carboxylic acids is 2. The van der Waals surface area contributed by atoms with Gasteiger partial charge in [-0.25, -0.2) is 4.79 Å². The number of rotatable bonds is 4. The molecule has 0 aromatic rings. The van der Waals surface area contributed by atoms with Gasteiger partial charge < -0.3 is 15.5 Å². The molecule has 0 saturated carbocycles. The van der Waals surface area contributed by atoms with Crippen LogP contribution in [0.15, 0.2) is 11.8 Å². The zero-order chi connectivity index (χ0) is 10.4. The van der Waals surface area contributed by atoms with Crippen LogP contribution in [0.25, 0.3) is 0 Å². The molecule has 0 aromatic carbocycles. The Bertz CT molecular complexity index is 268. The van der Waals surface area contributed by atoms with Gasteiger partial charge in [0.05, 0.1) is 6.42 Å². The van der Waals surface area contributed by atoms with Crippen molar-refractivity contribution >= 4 is 17.8 Å². The largest absolute Gasteiger partial charge is 0.481 e. The highest BCUT2D eigenvalue weighted by Crippen LogP contribution is 1.93. The Morgan fingerprint density at radius 2 is 1.85 bits per heavy atom. The van der Waals surface area contributed by atoms with Crippen molar-refractivity contribution in [3.8, 4) is 0 Å². The van der Waals surface area contributed by atoms with Crippen LogP contribution in [-0.2, 0) is 14.4 Å². The molecule has 0 rings (SSSR count). The topological polar surface area (TPSA) is 104 Å². The molecule has 13 heavy (non-hydrogen) atoms. The molecule has 1 amide bonds. The smallest absolute Gasteiger partial charge is 0.352 e. The summed E-state index contributed by atoms with van der Waals surface area (Å²) in [6, 6.07) is 0. The summed E-state index contributed by atoms with van der Waals surface area (Å²) in [4.78, 5) is 30.9. The van der Waals surface area contributed by atoms with Crippen LogP contribution in [0.3, 0.4) is 0 Å². The van der Waals surface area contributed by atoms with E-state index in [0.717, 1.165) is 13.0 Å². The molecule has 0 saturated heterocycles. The molecule has 0 radical (unpaired) electrons. The fraction of sp³-hybridized carbons (Fsp3) is 0.286. The lowest BCUT2D eigenvalue weighted by atomic mass is 10.3. The van der Waals surface area contributed by atoms with Gasteiger partial charge in [0.1, 0.15) is 5.70 Å². The standard InChI is InChI=1S/C7H9NO5/c1-4(9)8-5(7(12)13)2-3-6(10)11/h2H,3H2,1H3,(H,8,9)(H,10,11)(H,12,13). The van der Waals surface area contributed by atoms with Gasteiger partial charge in [0.2, 0.25) is 5.91 Å². The number of nitrogens with one attached hydrogen (secondary N) is 1. The lowest BCUT2D eigenvalue weighted by Gasteiger charge is -2.00. The van der Waals surface area contributed by atoms with E-state index in [1.807, 2.05) is 5.32 Å². The highest BCUT2D eigenvalue weighted by atomic mass is 16.4. The number of hydrogen-bond donors (Lipinski definition) is 3. The molecule has 6 heteroatoms. The van der Waals surface area contributed by atoms with Crippen molar-refractivity contribution in [1.29, 1.82) is 0 Å². The normalized spacial score (nSPS) is 10.7.